The monoisotopic (exact) mass is 1080 g/mol. The van der Waals surface area contributed by atoms with Gasteiger partial charge in [-0.1, -0.05) is 0 Å². The molecule has 0 unspecified atom stereocenters. The molecule has 0 amide bonds. The van der Waals surface area contributed by atoms with Crippen molar-refractivity contribution in [1.29, 1.82) is 0 Å². The Kier molecular flexibility index (Phi) is 9.33. The average Bonchev–Trinajstić information content (AvgIpc) is 1.52. The van der Waals surface area contributed by atoms with Gasteiger partial charge in [-0.25, -0.2) is 0 Å². The first-order valence-electron chi connectivity index (χ1n) is 27.1. The Morgan fingerprint density at radius 2 is 0.557 bits per heavy atom. The molecule has 17 rings (SSSR count). The first-order chi connectivity index (χ1) is 38.8. The zero-order chi connectivity index (χ0) is 53.3. The van der Waals surface area contributed by atoms with Crippen molar-refractivity contribution in [3.8, 4) is 23.0 Å². The summed E-state index contributed by atoms with van der Waals surface area (Å²) < 4.78 is 48.1. The summed E-state index contributed by atoms with van der Waals surface area (Å²) in [5.74, 6) is 3.32. The van der Waals surface area contributed by atoms with Crippen molar-refractivity contribution >= 4 is 82.9 Å². The molecule has 11 heterocycles. The number of hydrogen-bond acceptors (Lipinski definition) is 5. The molecule has 0 N–H and O–H groups in total. The predicted molar refractivity (Wildman–Crippen MR) is 315 cm³/mol. The number of aromatic nitrogens is 4. The van der Waals surface area contributed by atoms with Gasteiger partial charge in [0.2, 0.25) is 0 Å². The van der Waals surface area contributed by atoms with Crippen LogP contribution in [-0.2, 0) is 4.74 Å². The van der Waals surface area contributed by atoms with Crippen molar-refractivity contribution in [3.05, 3.63) is 242 Å². The Hall–Kier alpha value is -9.29. The van der Waals surface area contributed by atoms with E-state index in [4.69, 9.17) is 23.7 Å². The molecule has 7 aliphatic heterocycles. The van der Waals surface area contributed by atoms with Gasteiger partial charge in [0, 0.05) is 13.2 Å². The Bertz CT molecular complexity index is 3770. The molecule has 1 fully saturated rings. The first kappa shape index (κ1) is 47.0. The second-order valence-electron chi connectivity index (χ2n) is 21.7. The average molecular weight is 1080 g/mol. The third kappa shape index (κ3) is 4.60. The van der Waals surface area contributed by atoms with E-state index >= 15 is 0 Å². The molecule has 15 heteroatoms. The van der Waals surface area contributed by atoms with E-state index in [0.29, 0.717) is 0 Å². The van der Waals surface area contributed by atoms with Crippen LogP contribution in [0.2, 0.25) is 0 Å². The number of ether oxygens (including phenoxy) is 5. The van der Waals surface area contributed by atoms with Crippen LogP contribution >= 0.6 is 0 Å². The molecule has 394 valence electrons. The quantitative estimate of drug-likeness (QED) is 0.144. The van der Waals surface area contributed by atoms with Crippen LogP contribution in [-0.4, -0.2) is 115 Å². The van der Waals surface area contributed by atoms with Crippen LogP contribution in [0, 0.1) is 0 Å². The third-order valence-corrected chi connectivity index (χ3v) is 38.1. The molecule has 6 aromatic carbocycles. The molecule has 0 radical (unpaired) electrons. The van der Waals surface area contributed by atoms with Crippen LogP contribution < -0.4 is 39.7 Å². The van der Waals surface area contributed by atoms with Gasteiger partial charge in [0.05, 0.1) is 0 Å². The van der Waals surface area contributed by atoms with E-state index < -0.39 is 14.5 Å². The first-order valence-corrected chi connectivity index (χ1v) is 32.7. The summed E-state index contributed by atoms with van der Waals surface area (Å²) in [6.45, 7) is 2.00. The molecule has 1 saturated heterocycles. The summed E-state index contributed by atoms with van der Waals surface area (Å²) >= 11 is 0. The second-order valence-corrected chi connectivity index (χ2v) is 34.3. The Morgan fingerprint density at radius 1 is 0.316 bits per heavy atom. The minimum absolute atomic E-state index is 0.830. The molecule has 10 aromatic rings. The van der Waals surface area contributed by atoms with E-state index in [1.165, 1.54) is 56.3 Å². The van der Waals surface area contributed by atoms with Crippen LogP contribution in [0.15, 0.2) is 219 Å². The number of rotatable bonds is 8. The van der Waals surface area contributed by atoms with Crippen LogP contribution in [0.3, 0.4) is 0 Å². The topological polar surface area (TPSA) is 77.9 Å². The molecule has 2 spiro atoms. The molecule has 0 saturated carbocycles. The summed E-state index contributed by atoms with van der Waals surface area (Å²) in [6.07, 6.45) is 20.9. The van der Waals surface area contributed by atoms with Crippen LogP contribution in [0.25, 0.3) is 0 Å². The summed E-state index contributed by atoms with van der Waals surface area (Å²) in [4.78, 5) is 0. The Morgan fingerprint density at radius 3 is 0.759 bits per heavy atom. The van der Waals surface area contributed by atoms with E-state index in [2.05, 4.69) is 278 Å². The summed E-state index contributed by atoms with van der Waals surface area (Å²) in [7, 11) is -3.11. The van der Waals surface area contributed by atoms with Gasteiger partial charge >= 0.3 is 429 Å². The van der Waals surface area contributed by atoms with Gasteiger partial charge in [0.1, 0.15) is 0 Å². The van der Waals surface area contributed by atoms with Crippen molar-refractivity contribution in [2.24, 2.45) is 0 Å². The van der Waals surface area contributed by atoms with Crippen molar-refractivity contribution in [1.82, 2.24) is 16.9 Å². The summed E-state index contributed by atoms with van der Waals surface area (Å²) in [5.41, 5.74) is 9.35. The maximum absolute atomic E-state index is 5.63. The molecular formula is C64H60N8O5Si2. The van der Waals surface area contributed by atoms with Crippen molar-refractivity contribution < 1.29 is 40.6 Å². The van der Waals surface area contributed by atoms with Crippen molar-refractivity contribution in [2.45, 2.75) is 12.8 Å². The molecule has 4 aromatic heterocycles. The number of fused-ring (bicyclic) bond motifs is 10. The van der Waals surface area contributed by atoms with Gasteiger partial charge in [-0.15, -0.1) is 0 Å². The fraction of sp³-hybridized carbons (Fsp3) is 0.125. The number of methoxy groups -OCH3 is 4. The minimum atomic E-state index is -4.99. The predicted octanol–water partition coefficient (Wildman–Crippen LogP) is 8.25. The zero-order valence-electron chi connectivity index (χ0n) is 44.5. The van der Waals surface area contributed by atoms with E-state index in [0.717, 1.165) is 59.0 Å². The fourth-order valence-corrected chi connectivity index (χ4v) is 37.6. The van der Waals surface area contributed by atoms with Gasteiger partial charge in [0.15, 0.2) is 0 Å². The fourth-order valence-electron chi connectivity index (χ4n) is 16.5. The van der Waals surface area contributed by atoms with Gasteiger partial charge in [-0.2, -0.15) is 0 Å². The number of nitrogens with zero attached hydrogens (tertiary/aromatic N) is 8. The normalized spacial score (nSPS) is 20.2. The van der Waals surface area contributed by atoms with Gasteiger partial charge in [-0.05, 0) is 12.8 Å². The molecule has 0 atom stereocenters. The van der Waals surface area contributed by atoms with Gasteiger partial charge in [-0.3, -0.25) is 0 Å². The van der Waals surface area contributed by atoms with Gasteiger partial charge in [0.25, 0.3) is 0 Å². The molecule has 0 bridgehead atoms. The number of hydrogen-bond donors (Lipinski definition) is 0. The maximum atomic E-state index is 5.63. The van der Waals surface area contributed by atoms with Crippen molar-refractivity contribution in [2.75, 3.05) is 41.7 Å². The van der Waals surface area contributed by atoms with E-state index in [-0.39, 0.29) is 0 Å². The van der Waals surface area contributed by atoms with E-state index in [9.17, 15) is 0 Å². The molecule has 0 aliphatic carbocycles. The molecule has 13 nitrogen and oxygen atoms in total. The summed E-state index contributed by atoms with van der Waals surface area (Å²) in [5, 5.41) is 4.81. The standard InChI is InChI=1S/2C30H26N4O2Si.C4H8O/c2*1-35-25-11-15-27(16-12-25)37(28-17-13-26(36-2)14-18-28)31-19-5-7-23(31)21-33(37)29-9-3-4-10-30(29)34(37)22-24-8-6-20-32(24)37;1-2-4-5-3-1/h2*3-22H,1-2H3;1-4H2. The van der Waals surface area contributed by atoms with Crippen molar-refractivity contribution in [3.63, 3.8) is 0 Å². The van der Waals surface area contributed by atoms with Gasteiger partial charge < -0.3 is 4.74 Å². The Balaban J connectivity index is 0.000000126. The Labute approximate surface area is 457 Å². The zero-order valence-corrected chi connectivity index (χ0v) is 46.5. The van der Waals surface area contributed by atoms with E-state index in [1.807, 2.05) is 0 Å². The number of para-hydroxylation sites is 4. The molecule has 79 heavy (non-hydrogen) atoms. The van der Waals surface area contributed by atoms with Crippen LogP contribution in [0.5, 0.6) is 23.0 Å². The van der Waals surface area contributed by atoms with Crippen LogP contribution in [0.4, 0.5) is 22.7 Å². The SMILES string of the molecule is C1CCOC1.COc1ccc([Si-2]234(c5ccc(OC)cc5)n5cccc5C=[N+]2c2ccccc2[N+]3=Cc2cccn24)cc1.COc1ccc([Si-2]234(c5ccc(OC)cc5)n5cccc5C=[N+]2c2ccccc2[N+]3=Cc2cccn24)cc1. The second kappa shape index (κ2) is 15.7. The molecular weight excluding hydrogens is 1020 g/mol. The third-order valence-electron chi connectivity index (χ3n) is 19.3. The number of benzene rings is 6. The van der Waals surface area contributed by atoms with E-state index in [1.54, 1.807) is 28.4 Å². The van der Waals surface area contributed by atoms with Crippen LogP contribution in [0.1, 0.15) is 35.6 Å². The summed E-state index contributed by atoms with van der Waals surface area (Å²) in [6, 6.07) is 69.7. The molecule has 7 aliphatic rings.